The lowest BCUT2D eigenvalue weighted by Crippen LogP contribution is -2.33. The number of hydrogen-bond donors (Lipinski definition) is 1. The van der Waals surface area contributed by atoms with Gasteiger partial charge in [0.2, 0.25) is 0 Å². The Kier molecular flexibility index (Phi) is 6.77. The van der Waals surface area contributed by atoms with Crippen molar-refractivity contribution >= 4 is 11.9 Å². The summed E-state index contributed by atoms with van der Waals surface area (Å²) in [5, 5.41) is 9.86. The third kappa shape index (κ3) is 4.64. The van der Waals surface area contributed by atoms with Crippen molar-refractivity contribution in [3.63, 3.8) is 0 Å². The predicted molar refractivity (Wildman–Crippen MR) is 137 cm³/mol. The maximum absolute atomic E-state index is 12.2. The van der Waals surface area contributed by atoms with Crippen LogP contribution in [0.5, 0.6) is 11.5 Å². The van der Waals surface area contributed by atoms with Crippen molar-refractivity contribution in [2.24, 2.45) is 0 Å². The van der Waals surface area contributed by atoms with Gasteiger partial charge in [0.15, 0.2) is 6.29 Å². The lowest BCUT2D eigenvalue weighted by Gasteiger charge is -2.27. The molecule has 0 spiro atoms. The number of carbonyl (C=O) groups excluding carboxylic acids is 1. The van der Waals surface area contributed by atoms with E-state index in [-0.39, 0.29) is 5.75 Å². The molecule has 1 saturated heterocycles. The maximum atomic E-state index is 12.2. The molecular formula is C30H31NO3. The quantitative estimate of drug-likeness (QED) is 0.438. The van der Waals surface area contributed by atoms with Gasteiger partial charge in [0, 0.05) is 23.2 Å². The fourth-order valence-corrected chi connectivity index (χ4v) is 5.21. The van der Waals surface area contributed by atoms with Crippen molar-refractivity contribution < 1.29 is 14.6 Å². The molecule has 0 unspecified atom stereocenters. The zero-order valence-corrected chi connectivity index (χ0v) is 19.5. The number of allylic oxidation sites excluding steroid dienone is 1. The number of benzene rings is 3. The summed E-state index contributed by atoms with van der Waals surface area (Å²) in [5.74, 6) is 1.00. The Morgan fingerprint density at radius 3 is 2.50 bits per heavy atom. The van der Waals surface area contributed by atoms with E-state index in [0.717, 1.165) is 66.8 Å². The molecule has 1 fully saturated rings. The van der Waals surface area contributed by atoms with Gasteiger partial charge in [-0.05, 0) is 85.3 Å². The summed E-state index contributed by atoms with van der Waals surface area (Å²) in [6.07, 6.45) is 8.97. The Labute approximate surface area is 201 Å². The third-order valence-electron chi connectivity index (χ3n) is 6.94. The normalized spacial score (nSPS) is 15.9. The minimum atomic E-state index is 0.203. The maximum Gasteiger partial charge on any atom is 0.150 e. The number of aldehydes is 1. The Bertz CT molecular complexity index is 1190. The van der Waals surface area contributed by atoms with E-state index in [2.05, 4.69) is 35.2 Å². The zero-order valence-electron chi connectivity index (χ0n) is 19.5. The number of carbonyl (C=O) groups is 1. The highest BCUT2D eigenvalue weighted by molar-refractivity contribution is 5.99. The van der Waals surface area contributed by atoms with Crippen molar-refractivity contribution in [3.8, 4) is 22.6 Å². The van der Waals surface area contributed by atoms with Gasteiger partial charge in [-0.15, -0.1) is 0 Å². The molecule has 34 heavy (non-hydrogen) atoms. The Morgan fingerprint density at radius 1 is 0.912 bits per heavy atom. The molecule has 1 heterocycles. The monoisotopic (exact) mass is 453 g/mol. The summed E-state index contributed by atoms with van der Waals surface area (Å²) in [4.78, 5) is 14.6. The minimum absolute atomic E-state index is 0.203. The van der Waals surface area contributed by atoms with Crippen LogP contribution in [0.1, 0.15) is 52.7 Å². The molecule has 0 atom stereocenters. The van der Waals surface area contributed by atoms with E-state index in [1.165, 1.54) is 30.4 Å². The van der Waals surface area contributed by atoms with Gasteiger partial charge in [0.05, 0.1) is 0 Å². The van der Waals surface area contributed by atoms with Gasteiger partial charge in [-0.25, -0.2) is 0 Å². The van der Waals surface area contributed by atoms with E-state index in [1.54, 1.807) is 12.1 Å². The van der Waals surface area contributed by atoms with Crippen LogP contribution in [0.3, 0.4) is 0 Å². The first-order chi connectivity index (χ1) is 16.7. The predicted octanol–water partition coefficient (Wildman–Crippen LogP) is 6.11. The highest BCUT2D eigenvalue weighted by Crippen LogP contribution is 2.43. The average Bonchev–Trinajstić information content (AvgIpc) is 2.89. The molecular weight excluding hydrogens is 422 g/mol. The molecule has 0 bridgehead atoms. The number of rotatable bonds is 7. The largest absolute Gasteiger partial charge is 0.508 e. The van der Waals surface area contributed by atoms with E-state index in [4.69, 9.17) is 4.74 Å². The number of aromatic hydroxyl groups is 1. The van der Waals surface area contributed by atoms with Crippen LogP contribution in [0.4, 0.5) is 0 Å². The van der Waals surface area contributed by atoms with Gasteiger partial charge in [-0.1, -0.05) is 48.9 Å². The second-order valence-corrected chi connectivity index (χ2v) is 9.13. The Morgan fingerprint density at radius 2 is 1.71 bits per heavy atom. The van der Waals surface area contributed by atoms with Gasteiger partial charge < -0.3 is 9.84 Å². The van der Waals surface area contributed by atoms with Crippen molar-refractivity contribution in [1.82, 2.24) is 4.90 Å². The first-order valence-electron chi connectivity index (χ1n) is 12.3. The van der Waals surface area contributed by atoms with E-state index < -0.39 is 0 Å². The first-order valence-corrected chi connectivity index (χ1v) is 12.3. The second kappa shape index (κ2) is 10.3. The van der Waals surface area contributed by atoms with Crippen molar-refractivity contribution in [2.75, 3.05) is 26.2 Å². The molecule has 0 aromatic heterocycles. The molecule has 4 nitrogen and oxygen atoms in total. The van der Waals surface area contributed by atoms with Crippen LogP contribution in [0, 0.1) is 0 Å². The molecule has 2 aliphatic rings. The molecule has 1 aliphatic carbocycles. The van der Waals surface area contributed by atoms with Crippen molar-refractivity contribution in [1.29, 1.82) is 0 Å². The van der Waals surface area contributed by atoms with Crippen LogP contribution in [0.15, 0.2) is 66.7 Å². The van der Waals surface area contributed by atoms with E-state index in [9.17, 15) is 9.90 Å². The summed E-state index contributed by atoms with van der Waals surface area (Å²) < 4.78 is 6.45. The number of aryl methyl sites for hydroxylation is 1. The fraction of sp³-hybridized carbons (Fsp3) is 0.300. The van der Waals surface area contributed by atoms with Crippen LogP contribution in [-0.4, -0.2) is 42.5 Å². The van der Waals surface area contributed by atoms with E-state index >= 15 is 0 Å². The number of phenolic OH excluding ortho intramolecular Hbond substituents is 1. The Hall–Kier alpha value is -3.37. The smallest absolute Gasteiger partial charge is 0.150 e. The van der Waals surface area contributed by atoms with Crippen LogP contribution in [0.25, 0.3) is 16.7 Å². The fourth-order valence-electron chi connectivity index (χ4n) is 5.21. The van der Waals surface area contributed by atoms with Gasteiger partial charge in [0.25, 0.3) is 0 Å². The molecule has 5 rings (SSSR count). The number of hydrogen-bond acceptors (Lipinski definition) is 4. The lowest BCUT2D eigenvalue weighted by atomic mass is 9.82. The molecule has 0 amide bonds. The topological polar surface area (TPSA) is 49.8 Å². The van der Waals surface area contributed by atoms with Gasteiger partial charge >= 0.3 is 0 Å². The molecule has 4 heteroatoms. The number of nitrogens with zero attached hydrogens (tertiary/aromatic N) is 1. The van der Waals surface area contributed by atoms with Crippen LogP contribution >= 0.6 is 0 Å². The zero-order chi connectivity index (χ0) is 23.3. The van der Waals surface area contributed by atoms with E-state index in [0.29, 0.717) is 12.2 Å². The number of piperidine rings is 1. The van der Waals surface area contributed by atoms with E-state index in [1.807, 2.05) is 24.3 Å². The third-order valence-corrected chi connectivity index (χ3v) is 6.94. The first kappa shape index (κ1) is 22.4. The Balaban J connectivity index is 1.60. The average molecular weight is 454 g/mol. The van der Waals surface area contributed by atoms with Crippen LogP contribution < -0.4 is 4.74 Å². The molecule has 3 aromatic carbocycles. The van der Waals surface area contributed by atoms with Crippen LogP contribution in [-0.2, 0) is 6.42 Å². The van der Waals surface area contributed by atoms with Gasteiger partial charge in [-0.2, -0.15) is 0 Å². The van der Waals surface area contributed by atoms with Crippen molar-refractivity contribution in [2.45, 2.75) is 32.1 Å². The summed E-state index contributed by atoms with van der Waals surface area (Å²) in [5.41, 5.74) is 6.94. The molecule has 0 radical (unpaired) electrons. The number of likely N-dealkylation sites (tertiary alicyclic amines) is 1. The molecule has 174 valence electrons. The van der Waals surface area contributed by atoms with Gasteiger partial charge in [0.1, 0.15) is 18.1 Å². The summed E-state index contributed by atoms with van der Waals surface area (Å²) in [6, 6.07) is 19.4. The minimum Gasteiger partial charge on any atom is -0.508 e. The molecule has 0 saturated carbocycles. The number of fused-ring (bicyclic) bond motifs is 1. The standard InChI is InChI=1S/C30H31NO3/c32-21-24-13-16-28(34-20-19-31-17-4-1-5-18-31)30(29(24)23-11-14-25(33)15-12-23)27-10-6-8-22-7-2-3-9-26(22)27/h2-3,7,9-16,21,33H,1,4-6,8,17-20H2. The highest BCUT2D eigenvalue weighted by atomic mass is 16.5. The highest BCUT2D eigenvalue weighted by Gasteiger charge is 2.24. The van der Waals surface area contributed by atoms with Crippen LogP contribution in [0.2, 0.25) is 0 Å². The molecule has 1 aliphatic heterocycles. The van der Waals surface area contributed by atoms with Gasteiger partial charge in [-0.3, -0.25) is 9.69 Å². The number of phenols is 1. The SMILES string of the molecule is O=Cc1ccc(OCCN2CCCCC2)c(C2=CCCc3ccccc32)c1-c1ccc(O)cc1. The lowest BCUT2D eigenvalue weighted by molar-refractivity contribution is 0.112. The molecule has 3 aromatic rings. The number of ether oxygens (including phenoxy) is 1. The summed E-state index contributed by atoms with van der Waals surface area (Å²) in [6.45, 7) is 3.78. The second-order valence-electron chi connectivity index (χ2n) is 9.13. The summed E-state index contributed by atoms with van der Waals surface area (Å²) >= 11 is 0. The summed E-state index contributed by atoms with van der Waals surface area (Å²) in [7, 11) is 0. The van der Waals surface area contributed by atoms with Crippen molar-refractivity contribution in [3.05, 3.63) is 89.0 Å². The molecule has 1 N–H and O–H groups in total.